The molecule has 2 heterocycles. The van der Waals surface area contributed by atoms with Crippen molar-refractivity contribution in [3.63, 3.8) is 0 Å². The van der Waals surface area contributed by atoms with Crippen molar-refractivity contribution in [1.29, 1.82) is 0 Å². The van der Waals surface area contributed by atoms with Gasteiger partial charge in [0, 0.05) is 0 Å². The lowest BCUT2D eigenvalue weighted by molar-refractivity contribution is 0.635. The van der Waals surface area contributed by atoms with Crippen LogP contribution in [0, 0.1) is 11.7 Å². The summed E-state index contributed by atoms with van der Waals surface area (Å²) in [6.07, 6.45) is 0. The van der Waals surface area contributed by atoms with Gasteiger partial charge >= 0.3 is 0 Å². The molecule has 0 atom stereocenters. The van der Waals surface area contributed by atoms with E-state index in [9.17, 15) is 0 Å². The zero-order valence-electron chi connectivity index (χ0n) is 6.76. The van der Waals surface area contributed by atoms with E-state index >= 15 is 0 Å². The summed E-state index contributed by atoms with van der Waals surface area (Å²) in [6.45, 7) is 2.46. The predicted molar refractivity (Wildman–Crippen MR) is 49.0 cm³/mol. The maximum atomic E-state index is 4.91. The molecule has 0 spiro atoms. The normalized spacial score (nSPS) is 10.5. The molecule has 0 unspecified atom stereocenters. The summed E-state index contributed by atoms with van der Waals surface area (Å²) >= 11 is 6.44. The van der Waals surface area contributed by atoms with E-state index in [1.165, 1.54) is 11.3 Å². The molecule has 8 heteroatoms. The minimum atomic E-state index is 0.424. The summed E-state index contributed by atoms with van der Waals surface area (Å²) in [5.41, 5.74) is 0. The molecular weight excluding hydrogens is 208 g/mol. The molecule has 68 valence electrons. The molecule has 2 rings (SSSR count). The van der Waals surface area contributed by atoms with E-state index in [0.29, 0.717) is 11.3 Å². The fourth-order valence-electron chi connectivity index (χ4n) is 0.856. The summed E-state index contributed by atoms with van der Waals surface area (Å²) in [6, 6.07) is 0. The monoisotopic (exact) mass is 214 g/mol. The first-order chi connectivity index (χ1) is 6.25. The van der Waals surface area contributed by atoms with E-state index in [1.54, 1.807) is 4.68 Å². The zero-order chi connectivity index (χ0) is 9.26. The first kappa shape index (κ1) is 8.45. The number of hydrogen-bond acceptors (Lipinski definition) is 6. The Morgan fingerprint density at radius 2 is 2.31 bits per heavy atom. The lowest BCUT2D eigenvalue weighted by atomic mass is 10.7. The van der Waals surface area contributed by atoms with Crippen molar-refractivity contribution in [1.82, 2.24) is 30.4 Å². The SMILES string of the molecule is Cc1nnc(Cn2[nH]nnc2=S)s1. The van der Waals surface area contributed by atoms with Crippen LogP contribution >= 0.6 is 23.6 Å². The molecule has 0 aliphatic rings. The second kappa shape index (κ2) is 3.30. The Kier molecular flexibility index (Phi) is 2.15. The van der Waals surface area contributed by atoms with Crippen molar-refractivity contribution >= 4 is 23.6 Å². The van der Waals surface area contributed by atoms with E-state index in [0.717, 1.165) is 10.0 Å². The van der Waals surface area contributed by atoms with Crippen LogP contribution < -0.4 is 0 Å². The van der Waals surface area contributed by atoms with Gasteiger partial charge in [0.05, 0.1) is 6.54 Å². The van der Waals surface area contributed by atoms with Crippen LogP contribution in [0.3, 0.4) is 0 Å². The number of aromatic nitrogens is 6. The van der Waals surface area contributed by atoms with E-state index in [-0.39, 0.29) is 0 Å². The second-order valence-corrected chi connectivity index (χ2v) is 4.01. The molecular formula is C5H6N6S2. The molecule has 0 fully saturated rings. The Labute approximate surface area is 82.6 Å². The van der Waals surface area contributed by atoms with E-state index in [4.69, 9.17) is 12.2 Å². The second-order valence-electron chi connectivity index (χ2n) is 2.38. The number of tetrazole rings is 1. The van der Waals surface area contributed by atoms with Gasteiger partial charge in [0.25, 0.3) is 0 Å². The van der Waals surface area contributed by atoms with Crippen molar-refractivity contribution in [2.45, 2.75) is 13.5 Å². The smallest absolute Gasteiger partial charge is 0.235 e. The molecule has 0 bridgehead atoms. The molecule has 1 N–H and O–H groups in total. The van der Waals surface area contributed by atoms with Crippen LogP contribution in [-0.4, -0.2) is 30.4 Å². The van der Waals surface area contributed by atoms with Crippen molar-refractivity contribution < 1.29 is 0 Å². The number of aryl methyl sites for hydroxylation is 1. The Hall–Kier alpha value is -1.15. The Balaban J connectivity index is 2.24. The van der Waals surface area contributed by atoms with Gasteiger partial charge in [0.15, 0.2) is 0 Å². The maximum absolute atomic E-state index is 4.91. The van der Waals surface area contributed by atoms with Gasteiger partial charge in [-0.15, -0.1) is 10.2 Å². The minimum Gasteiger partial charge on any atom is -0.235 e. The summed E-state index contributed by atoms with van der Waals surface area (Å²) in [5, 5.41) is 19.5. The van der Waals surface area contributed by atoms with Crippen LogP contribution in [0.5, 0.6) is 0 Å². The number of nitrogens with zero attached hydrogens (tertiary/aromatic N) is 5. The highest BCUT2D eigenvalue weighted by molar-refractivity contribution is 7.71. The average Bonchev–Trinajstić information content (AvgIpc) is 2.64. The lowest BCUT2D eigenvalue weighted by Gasteiger charge is -1.93. The molecule has 0 radical (unpaired) electrons. The third-order valence-electron chi connectivity index (χ3n) is 1.39. The average molecular weight is 214 g/mol. The highest BCUT2D eigenvalue weighted by atomic mass is 32.1. The zero-order valence-corrected chi connectivity index (χ0v) is 8.39. The number of H-pyrrole nitrogens is 1. The predicted octanol–water partition coefficient (Wildman–Crippen LogP) is 0.544. The molecule has 0 amide bonds. The molecule has 0 aromatic carbocycles. The lowest BCUT2D eigenvalue weighted by Crippen LogP contribution is -2.01. The van der Waals surface area contributed by atoms with Crippen molar-refractivity contribution in [2.75, 3.05) is 0 Å². The first-order valence-electron chi connectivity index (χ1n) is 3.52. The van der Waals surface area contributed by atoms with E-state index in [2.05, 4.69) is 25.7 Å². The van der Waals surface area contributed by atoms with Crippen molar-refractivity contribution in [3.05, 3.63) is 14.8 Å². The van der Waals surface area contributed by atoms with Crippen LogP contribution in [0.4, 0.5) is 0 Å². The van der Waals surface area contributed by atoms with Gasteiger partial charge in [-0.2, -0.15) is 5.21 Å². The van der Waals surface area contributed by atoms with Crippen molar-refractivity contribution in [2.24, 2.45) is 0 Å². The minimum absolute atomic E-state index is 0.424. The topological polar surface area (TPSA) is 72.3 Å². The van der Waals surface area contributed by atoms with E-state index in [1.807, 2.05) is 6.92 Å². The van der Waals surface area contributed by atoms with E-state index < -0.39 is 0 Å². The molecule has 0 aliphatic carbocycles. The summed E-state index contributed by atoms with van der Waals surface area (Å²) in [4.78, 5) is 0. The largest absolute Gasteiger partial charge is 0.238 e. The standard InChI is InChI=1S/C5H6N6S2/c1-3-6-7-4(13-3)2-11-5(12)8-9-10-11/h2H2,1H3,(H,8,10,12). The summed E-state index contributed by atoms with van der Waals surface area (Å²) in [5.74, 6) is 0. The van der Waals surface area contributed by atoms with Gasteiger partial charge in [0.1, 0.15) is 10.0 Å². The Morgan fingerprint density at radius 3 is 2.85 bits per heavy atom. The van der Waals surface area contributed by atoms with Gasteiger partial charge in [-0.3, -0.25) is 0 Å². The van der Waals surface area contributed by atoms with Gasteiger partial charge in [-0.25, -0.2) is 4.68 Å². The van der Waals surface area contributed by atoms with Crippen molar-refractivity contribution in [3.8, 4) is 0 Å². The summed E-state index contributed by atoms with van der Waals surface area (Å²) in [7, 11) is 0. The molecule has 2 aromatic rings. The fourth-order valence-corrected chi connectivity index (χ4v) is 1.70. The van der Waals surface area contributed by atoms with Gasteiger partial charge in [-0.1, -0.05) is 21.6 Å². The fraction of sp³-hybridized carbons (Fsp3) is 0.400. The van der Waals surface area contributed by atoms with Crippen LogP contribution in [0.2, 0.25) is 0 Å². The number of rotatable bonds is 2. The number of nitrogens with one attached hydrogen (secondary N) is 1. The van der Waals surface area contributed by atoms with Crippen LogP contribution in [0.25, 0.3) is 0 Å². The molecule has 0 aliphatic heterocycles. The quantitative estimate of drug-likeness (QED) is 0.739. The molecule has 0 saturated carbocycles. The molecule has 13 heavy (non-hydrogen) atoms. The van der Waals surface area contributed by atoms with Crippen LogP contribution in [-0.2, 0) is 6.54 Å². The molecule has 2 aromatic heterocycles. The van der Waals surface area contributed by atoms with Gasteiger partial charge < -0.3 is 0 Å². The molecule has 6 nitrogen and oxygen atoms in total. The Bertz CT molecular complexity index is 453. The molecule has 0 saturated heterocycles. The number of aromatic amines is 1. The summed E-state index contributed by atoms with van der Waals surface area (Å²) < 4.78 is 2.06. The van der Waals surface area contributed by atoms with Gasteiger partial charge in [-0.05, 0) is 19.1 Å². The van der Waals surface area contributed by atoms with Gasteiger partial charge in [0.2, 0.25) is 4.77 Å². The third kappa shape index (κ3) is 1.78. The maximum Gasteiger partial charge on any atom is 0.238 e. The Morgan fingerprint density at radius 1 is 1.46 bits per heavy atom. The highest BCUT2D eigenvalue weighted by Crippen LogP contribution is 2.08. The highest BCUT2D eigenvalue weighted by Gasteiger charge is 2.02. The van der Waals surface area contributed by atoms with Crippen LogP contribution in [0.15, 0.2) is 0 Å². The first-order valence-corrected chi connectivity index (χ1v) is 4.75. The third-order valence-corrected chi connectivity index (χ3v) is 2.52. The number of hydrogen-bond donors (Lipinski definition) is 1. The van der Waals surface area contributed by atoms with Crippen LogP contribution in [0.1, 0.15) is 10.0 Å².